The molecule has 0 saturated carbocycles. The third-order valence-electron chi connectivity index (χ3n) is 3.84. The minimum absolute atomic E-state index is 0.450. The maximum atomic E-state index is 6.18. The van der Waals surface area contributed by atoms with Crippen molar-refractivity contribution >= 4 is 17.2 Å². The number of hydrogen-bond donors (Lipinski definition) is 0. The molecule has 0 unspecified atom stereocenters. The van der Waals surface area contributed by atoms with Crippen LogP contribution in [0.25, 0.3) is 16.9 Å². The molecule has 0 atom stereocenters. The molecule has 0 bridgehead atoms. The van der Waals surface area contributed by atoms with E-state index < -0.39 is 0 Å². The molecule has 2 nitrogen and oxygen atoms in total. The molecule has 108 valence electrons. The van der Waals surface area contributed by atoms with Crippen LogP contribution in [0, 0.1) is 6.92 Å². The normalized spacial score (nSPS) is 11.5. The molecule has 0 N–H and O–H groups in total. The number of imidazole rings is 1. The fraction of sp³-hybridized carbons (Fsp3) is 0.278. The predicted molar refractivity (Wildman–Crippen MR) is 89.0 cm³/mol. The van der Waals surface area contributed by atoms with Gasteiger partial charge in [0.2, 0.25) is 0 Å². The number of hydrogen-bond acceptors (Lipinski definition) is 1. The highest BCUT2D eigenvalue weighted by Gasteiger charge is 2.13. The lowest BCUT2D eigenvalue weighted by Gasteiger charge is -2.06. The first kappa shape index (κ1) is 14.2. The summed E-state index contributed by atoms with van der Waals surface area (Å²) in [5.41, 5.74) is 6.63. The third kappa shape index (κ3) is 2.56. The van der Waals surface area contributed by atoms with E-state index in [4.69, 9.17) is 16.6 Å². The first-order valence-corrected chi connectivity index (χ1v) is 7.77. The summed E-state index contributed by atoms with van der Waals surface area (Å²) in [7, 11) is 0. The smallest absolute Gasteiger partial charge is 0.137 e. The van der Waals surface area contributed by atoms with Gasteiger partial charge < -0.3 is 4.40 Å². The second-order valence-electron chi connectivity index (χ2n) is 5.75. The Morgan fingerprint density at radius 3 is 2.43 bits per heavy atom. The molecule has 3 rings (SSSR count). The van der Waals surface area contributed by atoms with Crippen molar-refractivity contribution in [2.75, 3.05) is 0 Å². The quantitative estimate of drug-likeness (QED) is 0.610. The summed E-state index contributed by atoms with van der Waals surface area (Å²) in [6.07, 6.45) is 2.09. The molecular formula is C18H19ClN2. The van der Waals surface area contributed by atoms with Crippen molar-refractivity contribution in [3.8, 4) is 11.3 Å². The average Bonchev–Trinajstić information content (AvgIpc) is 2.85. The number of nitrogens with zero attached hydrogens (tertiary/aromatic N) is 2. The summed E-state index contributed by atoms with van der Waals surface area (Å²) in [5.74, 6) is 0.988. The van der Waals surface area contributed by atoms with Gasteiger partial charge in [0.25, 0.3) is 0 Å². The Kier molecular flexibility index (Phi) is 3.73. The zero-order valence-electron chi connectivity index (χ0n) is 12.6. The van der Waals surface area contributed by atoms with Crippen LogP contribution < -0.4 is 0 Å². The molecule has 2 aromatic heterocycles. The molecule has 3 heteroatoms. The highest BCUT2D eigenvalue weighted by Crippen LogP contribution is 2.27. The number of rotatable bonds is 3. The van der Waals surface area contributed by atoms with Gasteiger partial charge in [-0.1, -0.05) is 44.2 Å². The molecule has 0 spiro atoms. The molecule has 0 fully saturated rings. The third-order valence-corrected chi connectivity index (χ3v) is 4.10. The zero-order chi connectivity index (χ0) is 15.0. The maximum absolute atomic E-state index is 6.18. The Bertz CT molecular complexity index is 770. The molecule has 0 aliphatic carbocycles. The Balaban J connectivity index is 2.15. The van der Waals surface area contributed by atoms with Gasteiger partial charge in [-0.2, -0.15) is 0 Å². The minimum atomic E-state index is 0.450. The van der Waals surface area contributed by atoms with Crippen LogP contribution in [-0.4, -0.2) is 9.38 Å². The molecule has 3 aromatic rings. The van der Waals surface area contributed by atoms with E-state index in [1.165, 1.54) is 11.1 Å². The van der Waals surface area contributed by atoms with Crippen LogP contribution in [0.15, 0.2) is 42.6 Å². The Hall–Kier alpha value is -1.80. The van der Waals surface area contributed by atoms with Crippen molar-refractivity contribution in [2.24, 2.45) is 0 Å². The van der Waals surface area contributed by atoms with E-state index in [0.29, 0.717) is 11.8 Å². The molecule has 0 aliphatic heterocycles. The van der Waals surface area contributed by atoms with Crippen LogP contribution in [-0.2, 0) is 5.88 Å². The van der Waals surface area contributed by atoms with Crippen molar-refractivity contribution in [3.63, 3.8) is 0 Å². The maximum Gasteiger partial charge on any atom is 0.137 e. The fourth-order valence-electron chi connectivity index (χ4n) is 2.58. The van der Waals surface area contributed by atoms with Crippen LogP contribution >= 0.6 is 11.6 Å². The van der Waals surface area contributed by atoms with E-state index in [0.717, 1.165) is 22.6 Å². The van der Waals surface area contributed by atoms with E-state index in [9.17, 15) is 0 Å². The van der Waals surface area contributed by atoms with Crippen LogP contribution in [0.1, 0.15) is 36.6 Å². The summed E-state index contributed by atoms with van der Waals surface area (Å²) in [4.78, 5) is 4.75. The van der Waals surface area contributed by atoms with Gasteiger partial charge in [-0.15, -0.1) is 11.6 Å². The summed E-state index contributed by atoms with van der Waals surface area (Å²) in [6.45, 7) is 6.48. The summed E-state index contributed by atoms with van der Waals surface area (Å²) < 4.78 is 2.09. The van der Waals surface area contributed by atoms with Gasteiger partial charge in [0.1, 0.15) is 5.65 Å². The Labute approximate surface area is 130 Å². The summed E-state index contributed by atoms with van der Waals surface area (Å²) >= 11 is 6.18. The molecule has 0 radical (unpaired) electrons. The lowest BCUT2D eigenvalue weighted by Crippen LogP contribution is -1.92. The monoisotopic (exact) mass is 298 g/mol. The van der Waals surface area contributed by atoms with Crippen molar-refractivity contribution in [1.29, 1.82) is 0 Å². The fourth-order valence-corrected chi connectivity index (χ4v) is 2.84. The molecule has 0 saturated heterocycles. The number of alkyl halides is 1. The summed E-state index contributed by atoms with van der Waals surface area (Å²) in [6, 6.07) is 12.7. The predicted octanol–water partition coefficient (Wildman–Crippen LogP) is 5.17. The minimum Gasteiger partial charge on any atom is -0.302 e. The van der Waals surface area contributed by atoms with Crippen LogP contribution in [0.4, 0.5) is 0 Å². The van der Waals surface area contributed by atoms with Gasteiger partial charge in [0.15, 0.2) is 0 Å². The van der Waals surface area contributed by atoms with E-state index in [-0.39, 0.29) is 0 Å². The molecule has 21 heavy (non-hydrogen) atoms. The zero-order valence-corrected chi connectivity index (χ0v) is 13.4. The van der Waals surface area contributed by atoms with Crippen LogP contribution in [0.2, 0.25) is 0 Å². The SMILES string of the molecule is Cc1ccc2nc(-c3ccc(C(C)C)cc3)c(CCl)n2c1. The lowest BCUT2D eigenvalue weighted by molar-refractivity contribution is 0.867. The number of pyridine rings is 1. The molecule has 0 amide bonds. The average molecular weight is 299 g/mol. The Morgan fingerprint density at radius 1 is 1.10 bits per heavy atom. The van der Waals surface area contributed by atoms with E-state index >= 15 is 0 Å². The second-order valence-corrected chi connectivity index (χ2v) is 6.02. The van der Waals surface area contributed by atoms with Gasteiger partial charge >= 0.3 is 0 Å². The molecule has 0 aliphatic rings. The Morgan fingerprint density at radius 2 is 1.81 bits per heavy atom. The van der Waals surface area contributed by atoms with E-state index in [1.54, 1.807) is 0 Å². The summed E-state index contributed by atoms with van der Waals surface area (Å²) in [5, 5.41) is 0. The van der Waals surface area contributed by atoms with Gasteiger partial charge in [0.05, 0.1) is 17.3 Å². The molecular weight excluding hydrogens is 280 g/mol. The number of fused-ring (bicyclic) bond motifs is 1. The van der Waals surface area contributed by atoms with Crippen molar-refractivity contribution in [1.82, 2.24) is 9.38 Å². The largest absolute Gasteiger partial charge is 0.302 e. The second kappa shape index (κ2) is 5.53. The highest BCUT2D eigenvalue weighted by molar-refractivity contribution is 6.17. The number of aryl methyl sites for hydroxylation is 1. The van der Waals surface area contributed by atoms with Crippen LogP contribution in [0.5, 0.6) is 0 Å². The van der Waals surface area contributed by atoms with Crippen molar-refractivity contribution < 1.29 is 0 Å². The number of benzene rings is 1. The lowest BCUT2D eigenvalue weighted by atomic mass is 10.0. The first-order valence-electron chi connectivity index (χ1n) is 7.24. The van der Waals surface area contributed by atoms with Crippen LogP contribution in [0.3, 0.4) is 0 Å². The van der Waals surface area contributed by atoms with Gasteiger partial charge in [-0.05, 0) is 30.0 Å². The molecule has 1 aromatic carbocycles. The van der Waals surface area contributed by atoms with E-state index in [1.807, 2.05) is 6.07 Å². The van der Waals surface area contributed by atoms with Gasteiger partial charge in [-0.25, -0.2) is 4.98 Å². The van der Waals surface area contributed by atoms with Crippen molar-refractivity contribution in [2.45, 2.75) is 32.6 Å². The molecule has 2 heterocycles. The number of aromatic nitrogens is 2. The van der Waals surface area contributed by atoms with Crippen molar-refractivity contribution in [3.05, 3.63) is 59.4 Å². The standard InChI is InChI=1S/C18H19ClN2/c1-12(2)14-5-7-15(8-6-14)18-16(10-19)21-11-13(3)4-9-17(21)20-18/h4-9,11-12H,10H2,1-3H3. The van der Waals surface area contributed by atoms with Gasteiger partial charge in [-0.3, -0.25) is 0 Å². The van der Waals surface area contributed by atoms with Gasteiger partial charge in [0, 0.05) is 11.8 Å². The van der Waals surface area contributed by atoms with E-state index in [2.05, 4.69) is 61.7 Å². The highest BCUT2D eigenvalue weighted by atomic mass is 35.5. The topological polar surface area (TPSA) is 17.3 Å². The first-order chi connectivity index (χ1) is 10.1. The number of halogens is 1.